The molecule has 0 aliphatic carbocycles. The zero-order chi connectivity index (χ0) is 30.4. The molecule has 226 valence electrons. The van der Waals surface area contributed by atoms with Gasteiger partial charge in [0.25, 0.3) is 11.8 Å². The van der Waals surface area contributed by atoms with Crippen molar-refractivity contribution in [1.82, 2.24) is 4.90 Å². The number of fused-ring (bicyclic) bond motifs is 1. The molecule has 0 spiro atoms. The highest BCUT2D eigenvalue weighted by Crippen LogP contribution is 2.42. The van der Waals surface area contributed by atoms with Gasteiger partial charge in [0.1, 0.15) is 12.4 Å². The number of ether oxygens (including phenoxy) is 4. The number of hydrogen-bond donors (Lipinski definition) is 0. The van der Waals surface area contributed by atoms with Gasteiger partial charge in [-0.1, -0.05) is 103 Å². The van der Waals surface area contributed by atoms with Crippen LogP contribution in [0.3, 0.4) is 0 Å². The van der Waals surface area contributed by atoms with Gasteiger partial charge in [0.05, 0.1) is 36.5 Å². The summed E-state index contributed by atoms with van der Waals surface area (Å²) in [5.74, 6) is -0.507. The first-order valence-corrected chi connectivity index (χ1v) is 15.1. The van der Waals surface area contributed by atoms with E-state index >= 15 is 0 Å². The van der Waals surface area contributed by atoms with Crippen LogP contribution in [0, 0.1) is 5.92 Å². The maximum absolute atomic E-state index is 12.9. The van der Waals surface area contributed by atoms with Crippen LogP contribution in [0.15, 0.2) is 115 Å². The monoisotopic (exact) mass is 591 g/mol. The number of hydrogen-bond acceptors (Lipinski definition) is 6. The minimum Gasteiger partial charge on any atom is -0.369 e. The molecule has 3 atom stereocenters. The molecule has 2 aliphatic heterocycles. The average Bonchev–Trinajstić information content (AvgIpc) is 3.81. The molecule has 7 nitrogen and oxygen atoms in total. The Balaban J connectivity index is 1.15. The second-order valence-corrected chi connectivity index (χ2v) is 11.2. The Morgan fingerprint density at radius 2 is 1.25 bits per heavy atom. The van der Waals surface area contributed by atoms with E-state index in [0.29, 0.717) is 43.7 Å². The van der Waals surface area contributed by atoms with Gasteiger partial charge in [0, 0.05) is 19.6 Å². The van der Waals surface area contributed by atoms with Crippen molar-refractivity contribution in [1.29, 1.82) is 0 Å². The average molecular weight is 592 g/mol. The van der Waals surface area contributed by atoms with Gasteiger partial charge in [-0.3, -0.25) is 14.5 Å². The minimum absolute atomic E-state index is 0.0124. The highest BCUT2D eigenvalue weighted by atomic mass is 16.7. The number of epoxide rings is 1. The molecule has 2 heterocycles. The smallest absolute Gasteiger partial charge is 0.261 e. The lowest BCUT2D eigenvalue weighted by molar-refractivity contribution is -0.0475. The Kier molecular flexibility index (Phi) is 9.28. The van der Waals surface area contributed by atoms with E-state index < -0.39 is 5.60 Å². The number of carbonyl (C=O) groups is 2. The quantitative estimate of drug-likeness (QED) is 0.0549. The van der Waals surface area contributed by atoms with E-state index in [1.165, 1.54) is 4.90 Å². The van der Waals surface area contributed by atoms with Crippen LogP contribution >= 0.6 is 0 Å². The van der Waals surface area contributed by atoms with Crippen LogP contribution in [0.1, 0.15) is 50.2 Å². The van der Waals surface area contributed by atoms with Crippen molar-refractivity contribution < 1.29 is 28.5 Å². The van der Waals surface area contributed by atoms with Crippen LogP contribution < -0.4 is 0 Å². The molecule has 6 rings (SSSR count). The third-order valence-electron chi connectivity index (χ3n) is 8.48. The highest BCUT2D eigenvalue weighted by molar-refractivity contribution is 6.21. The molecule has 1 saturated heterocycles. The van der Waals surface area contributed by atoms with Crippen LogP contribution in [0.4, 0.5) is 0 Å². The lowest BCUT2D eigenvalue weighted by Gasteiger charge is -2.36. The Labute approximate surface area is 258 Å². The summed E-state index contributed by atoms with van der Waals surface area (Å²) in [6.07, 6.45) is 1.17. The summed E-state index contributed by atoms with van der Waals surface area (Å²) in [5.41, 5.74) is 3.29. The number of imide groups is 1. The molecule has 0 unspecified atom stereocenters. The third kappa shape index (κ3) is 6.10. The van der Waals surface area contributed by atoms with E-state index in [2.05, 4.69) is 36.4 Å². The molecule has 0 bridgehead atoms. The molecule has 7 heteroatoms. The third-order valence-corrected chi connectivity index (χ3v) is 8.48. The molecule has 2 aliphatic rings. The lowest BCUT2D eigenvalue weighted by Crippen LogP contribution is -2.34. The van der Waals surface area contributed by atoms with Gasteiger partial charge in [0.15, 0.2) is 0 Å². The SMILES string of the molecule is COCOC[C@@H](CCN1C(=O)c2ccccc2C1=O)[C@H]1O[C@@H]1CCOC(c1ccccc1)(c1ccccc1)c1ccccc1. The van der Waals surface area contributed by atoms with E-state index in [4.69, 9.17) is 18.9 Å². The zero-order valence-electron chi connectivity index (χ0n) is 24.8. The summed E-state index contributed by atoms with van der Waals surface area (Å²) < 4.78 is 24.0. The minimum atomic E-state index is -0.791. The van der Waals surface area contributed by atoms with Gasteiger partial charge < -0.3 is 18.9 Å². The Hall–Kier alpha value is -4.14. The predicted molar refractivity (Wildman–Crippen MR) is 166 cm³/mol. The number of benzene rings is 4. The van der Waals surface area contributed by atoms with Crippen LogP contribution in [0.2, 0.25) is 0 Å². The maximum atomic E-state index is 12.9. The van der Waals surface area contributed by atoms with Crippen molar-refractivity contribution in [3.05, 3.63) is 143 Å². The number of carbonyl (C=O) groups excluding carboxylic acids is 2. The molecule has 0 N–H and O–H groups in total. The van der Waals surface area contributed by atoms with Crippen molar-refractivity contribution in [2.24, 2.45) is 5.92 Å². The van der Waals surface area contributed by atoms with Crippen LogP contribution in [-0.4, -0.2) is 62.6 Å². The molecule has 2 amide bonds. The first-order chi connectivity index (χ1) is 21.6. The zero-order valence-corrected chi connectivity index (χ0v) is 24.8. The van der Waals surface area contributed by atoms with Crippen molar-refractivity contribution >= 4 is 11.8 Å². The van der Waals surface area contributed by atoms with Gasteiger partial charge in [-0.05, 0) is 41.7 Å². The van der Waals surface area contributed by atoms with E-state index in [1.807, 2.05) is 54.6 Å². The molecular weight excluding hydrogens is 554 g/mol. The normalized spacial score (nSPS) is 18.3. The summed E-state index contributed by atoms with van der Waals surface area (Å²) in [6.45, 7) is 1.33. The molecule has 1 fully saturated rings. The van der Waals surface area contributed by atoms with Crippen LogP contribution in [0.25, 0.3) is 0 Å². The largest absolute Gasteiger partial charge is 0.369 e. The topological polar surface area (TPSA) is 77.6 Å². The fourth-order valence-corrected chi connectivity index (χ4v) is 6.26. The maximum Gasteiger partial charge on any atom is 0.261 e. The van der Waals surface area contributed by atoms with Gasteiger partial charge in [-0.25, -0.2) is 0 Å². The van der Waals surface area contributed by atoms with Crippen LogP contribution in [-0.2, 0) is 24.5 Å². The Bertz CT molecular complexity index is 1410. The fourth-order valence-electron chi connectivity index (χ4n) is 6.26. The molecule has 4 aromatic carbocycles. The molecule has 0 saturated carbocycles. The second kappa shape index (κ2) is 13.7. The van der Waals surface area contributed by atoms with Gasteiger partial charge in [0.2, 0.25) is 0 Å². The van der Waals surface area contributed by atoms with E-state index in [-0.39, 0.29) is 36.7 Å². The summed E-state index contributed by atoms with van der Waals surface area (Å²) >= 11 is 0. The first kappa shape index (κ1) is 29.9. The standard InChI is InChI=1S/C37H37NO6/c1-41-26-42-25-27(21-23-38-35(39)31-19-11-12-20-32(31)36(38)40)34-33(44-34)22-24-43-37(28-13-5-2-6-14-28,29-15-7-3-8-16-29)30-17-9-4-10-18-30/h2-20,27,33-34H,21-26H2,1H3/t27-,33-,34-/m1/s1. The van der Waals surface area contributed by atoms with Crippen molar-refractivity contribution in [3.8, 4) is 0 Å². The lowest BCUT2D eigenvalue weighted by atomic mass is 9.80. The second-order valence-electron chi connectivity index (χ2n) is 11.2. The summed E-state index contributed by atoms with van der Waals surface area (Å²) in [6, 6.07) is 37.9. The summed E-state index contributed by atoms with van der Waals surface area (Å²) in [7, 11) is 1.58. The molecule has 0 aromatic heterocycles. The summed E-state index contributed by atoms with van der Waals surface area (Å²) in [4.78, 5) is 27.2. The molecular formula is C37H37NO6. The number of rotatable bonds is 15. The first-order valence-electron chi connectivity index (χ1n) is 15.1. The van der Waals surface area contributed by atoms with Gasteiger partial charge in [-0.2, -0.15) is 0 Å². The van der Waals surface area contributed by atoms with Crippen LogP contribution in [0.5, 0.6) is 0 Å². The Morgan fingerprint density at radius 1 is 0.750 bits per heavy atom. The van der Waals surface area contributed by atoms with Gasteiger partial charge >= 0.3 is 0 Å². The van der Waals surface area contributed by atoms with E-state index in [9.17, 15) is 9.59 Å². The van der Waals surface area contributed by atoms with Crippen molar-refractivity contribution in [2.45, 2.75) is 30.7 Å². The van der Waals surface area contributed by atoms with Crippen molar-refractivity contribution in [2.75, 3.05) is 33.7 Å². The molecule has 4 aromatic rings. The summed E-state index contributed by atoms with van der Waals surface area (Å²) in [5, 5.41) is 0. The van der Waals surface area contributed by atoms with Gasteiger partial charge in [-0.15, -0.1) is 0 Å². The highest BCUT2D eigenvalue weighted by Gasteiger charge is 2.46. The van der Waals surface area contributed by atoms with E-state index in [1.54, 1.807) is 31.4 Å². The van der Waals surface area contributed by atoms with E-state index in [0.717, 1.165) is 16.7 Å². The predicted octanol–water partition coefficient (Wildman–Crippen LogP) is 6.08. The molecule has 0 radical (unpaired) electrons. The number of nitrogens with zero attached hydrogens (tertiary/aromatic N) is 1. The number of methoxy groups -OCH3 is 1. The Morgan fingerprint density at radius 3 is 1.75 bits per heavy atom. The fraction of sp³-hybridized carbons (Fsp3) is 0.297. The number of amides is 2. The van der Waals surface area contributed by atoms with Crippen molar-refractivity contribution in [3.63, 3.8) is 0 Å². The molecule has 44 heavy (non-hydrogen) atoms.